The summed E-state index contributed by atoms with van der Waals surface area (Å²) in [7, 11) is 1.62. The van der Waals surface area contributed by atoms with Crippen LogP contribution in [-0.4, -0.2) is 30.2 Å². The Bertz CT molecular complexity index is 810. The van der Waals surface area contributed by atoms with Gasteiger partial charge in [-0.1, -0.05) is 24.3 Å². The monoisotopic (exact) mass is 496 g/mol. The number of rotatable bonds is 5. The molecule has 28 heavy (non-hydrogen) atoms. The Kier molecular flexibility index (Phi) is 7.91. The van der Waals surface area contributed by atoms with Crippen LogP contribution in [0.1, 0.15) is 44.5 Å². The minimum absolute atomic E-state index is 0. The first-order valence-electron chi connectivity index (χ1n) is 9.33. The second-order valence-electron chi connectivity index (χ2n) is 7.17. The molecule has 0 amide bonds. The maximum absolute atomic E-state index is 6.12. The van der Waals surface area contributed by atoms with Crippen molar-refractivity contribution >= 4 is 29.9 Å². The Morgan fingerprint density at radius 2 is 2.04 bits per heavy atom. The molecule has 0 radical (unpaired) electrons. The third-order valence-electron chi connectivity index (χ3n) is 4.42. The fourth-order valence-corrected chi connectivity index (χ4v) is 3.24. The van der Waals surface area contributed by atoms with E-state index in [2.05, 4.69) is 42.5 Å². The van der Waals surface area contributed by atoms with E-state index in [0.29, 0.717) is 12.4 Å². The van der Waals surface area contributed by atoms with Crippen LogP contribution in [0.2, 0.25) is 0 Å². The lowest BCUT2D eigenvalue weighted by Crippen LogP contribution is -2.45. The number of hydrogen-bond donors (Lipinski definition) is 2. The van der Waals surface area contributed by atoms with Crippen molar-refractivity contribution in [3.63, 3.8) is 0 Å². The van der Waals surface area contributed by atoms with Gasteiger partial charge in [0.05, 0.1) is 25.4 Å². The molecule has 0 aliphatic carbocycles. The molecule has 3 rings (SSSR count). The Morgan fingerprint density at radius 3 is 2.79 bits per heavy atom. The molecule has 0 saturated heterocycles. The van der Waals surface area contributed by atoms with Crippen LogP contribution in [0.3, 0.4) is 0 Å². The summed E-state index contributed by atoms with van der Waals surface area (Å²) in [5, 5.41) is 6.89. The third kappa shape index (κ3) is 5.73. The van der Waals surface area contributed by atoms with Gasteiger partial charge < -0.3 is 20.1 Å². The number of halogens is 1. The molecule has 6 nitrogen and oxygen atoms in total. The number of para-hydroxylation sites is 1. The molecule has 152 valence electrons. The molecule has 0 fully saturated rings. The van der Waals surface area contributed by atoms with Gasteiger partial charge in [0.1, 0.15) is 11.4 Å². The topological polar surface area (TPSA) is 67.8 Å². The van der Waals surface area contributed by atoms with Gasteiger partial charge in [-0.2, -0.15) is 0 Å². The number of methoxy groups -OCH3 is 1. The third-order valence-corrected chi connectivity index (χ3v) is 4.42. The van der Waals surface area contributed by atoms with E-state index in [4.69, 9.17) is 14.5 Å². The van der Waals surface area contributed by atoms with E-state index >= 15 is 0 Å². The quantitative estimate of drug-likeness (QED) is 0.371. The van der Waals surface area contributed by atoms with Gasteiger partial charge >= 0.3 is 0 Å². The summed E-state index contributed by atoms with van der Waals surface area (Å²) < 4.78 is 11.3. The first-order valence-corrected chi connectivity index (χ1v) is 9.33. The number of aromatic nitrogens is 1. The first kappa shape index (κ1) is 22.3. The highest BCUT2D eigenvalue weighted by molar-refractivity contribution is 14.0. The number of nitrogens with zero attached hydrogens (tertiary/aromatic N) is 2. The number of ether oxygens (including phenoxy) is 2. The number of guanidine groups is 1. The Labute approximate surface area is 184 Å². The maximum Gasteiger partial charge on any atom is 0.213 e. The smallest absolute Gasteiger partial charge is 0.213 e. The van der Waals surface area contributed by atoms with Crippen LogP contribution in [0.15, 0.2) is 47.5 Å². The molecule has 1 atom stereocenters. The second-order valence-corrected chi connectivity index (χ2v) is 7.17. The van der Waals surface area contributed by atoms with E-state index in [1.54, 1.807) is 7.11 Å². The number of nitrogens with one attached hydrogen (secondary N) is 2. The highest BCUT2D eigenvalue weighted by atomic mass is 127. The van der Waals surface area contributed by atoms with E-state index < -0.39 is 0 Å². The van der Waals surface area contributed by atoms with E-state index in [-0.39, 0.29) is 35.6 Å². The summed E-state index contributed by atoms with van der Waals surface area (Å²) in [4.78, 5) is 9.13. The van der Waals surface area contributed by atoms with Gasteiger partial charge in [0, 0.05) is 24.6 Å². The first-order chi connectivity index (χ1) is 13.0. The summed E-state index contributed by atoms with van der Waals surface area (Å²) in [5.41, 5.74) is 1.78. The summed E-state index contributed by atoms with van der Waals surface area (Å²) in [6, 6.07) is 14.0. The lowest BCUT2D eigenvalue weighted by Gasteiger charge is -2.38. The summed E-state index contributed by atoms with van der Waals surface area (Å²) >= 11 is 0. The predicted octanol–water partition coefficient (Wildman–Crippen LogP) is 4.07. The van der Waals surface area contributed by atoms with Crippen molar-refractivity contribution in [1.29, 1.82) is 0 Å². The van der Waals surface area contributed by atoms with E-state index in [1.165, 1.54) is 0 Å². The highest BCUT2D eigenvalue weighted by Gasteiger charge is 2.33. The number of fused-ring (bicyclic) bond motifs is 1. The molecule has 1 unspecified atom stereocenters. The Morgan fingerprint density at radius 1 is 1.25 bits per heavy atom. The molecule has 0 bridgehead atoms. The minimum Gasteiger partial charge on any atom is -0.487 e. The molecule has 0 spiro atoms. The largest absolute Gasteiger partial charge is 0.487 e. The molecule has 1 aromatic carbocycles. The van der Waals surface area contributed by atoms with Gasteiger partial charge in [0.25, 0.3) is 0 Å². The minimum atomic E-state index is -0.238. The van der Waals surface area contributed by atoms with Gasteiger partial charge in [0.2, 0.25) is 5.88 Å². The van der Waals surface area contributed by atoms with Crippen LogP contribution < -0.4 is 20.1 Å². The molecule has 1 aromatic heterocycles. The van der Waals surface area contributed by atoms with Crippen LogP contribution in [0.5, 0.6) is 11.6 Å². The summed E-state index contributed by atoms with van der Waals surface area (Å²) in [6.45, 7) is 7.54. The Balaban J connectivity index is 0.00000280. The van der Waals surface area contributed by atoms with Crippen LogP contribution in [-0.2, 0) is 6.54 Å². The fraction of sp³-hybridized carbons (Fsp3) is 0.429. The lowest BCUT2D eigenvalue weighted by atomic mass is 9.90. The van der Waals surface area contributed by atoms with Gasteiger partial charge in [0.15, 0.2) is 5.96 Å². The van der Waals surface area contributed by atoms with Crippen molar-refractivity contribution in [2.45, 2.75) is 45.4 Å². The van der Waals surface area contributed by atoms with E-state index in [1.807, 2.05) is 36.4 Å². The number of hydrogen-bond acceptors (Lipinski definition) is 4. The van der Waals surface area contributed by atoms with Crippen molar-refractivity contribution in [3.8, 4) is 11.6 Å². The molecular weight excluding hydrogens is 467 g/mol. The van der Waals surface area contributed by atoms with E-state index in [0.717, 1.165) is 35.9 Å². The van der Waals surface area contributed by atoms with Crippen LogP contribution >= 0.6 is 24.0 Å². The standard InChI is InChI=1S/C21H28N4O2.HI/c1-5-22-20(23-14-15-9-8-12-19(24-15)26-4)25-17-13-21(2,3)27-18-11-7-6-10-16(17)18;/h6-12,17H,5,13-14H2,1-4H3,(H2,22,23,25);1H. The molecular formula is C21H29IN4O2. The second kappa shape index (κ2) is 9.95. The number of pyridine rings is 1. The van der Waals surface area contributed by atoms with Crippen molar-refractivity contribution in [1.82, 2.24) is 15.6 Å². The van der Waals surface area contributed by atoms with Gasteiger partial charge in [-0.05, 0) is 32.9 Å². The average molecular weight is 496 g/mol. The molecule has 2 N–H and O–H groups in total. The SMILES string of the molecule is CCNC(=NCc1cccc(OC)n1)NC1CC(C)(C)Oc2ccccc21.I. The molecule has 0 saturated carbocycles. The van der Waals surface area contributed by atoms with Crippen molar-refractivity contribution in [2.24, 2.45) is 4.99 Å². The molecule has 2 aromatic rings. The molecule has 7 heteroatoms. The zero-order chi connectivity index (χ0) is 19.3. The van der Waals surface area contributed by atoms with Crippen molar-refractivity contribution in [3.05, 3.63) is 53.7 Å². The van der Waals surface area contributed by atoms with E-state index in [9.17, 15) is 0 Å². The fourth-order valence-electron chi connectivity index (χ4n) is 3.24. The lowest BCUT2D eigenvalue weighted by molar-refractivity contribution is 0.0694. The Hall–Kier alpha value is -2.03. The molecule has 1 aliphatic heterocycles. The maximum atomic E-state index is 6.12. The highest BCUT2D eigenvalue weighted by Crippen LogP contribution is 2.39. The normalized spacial score (nSPS) is 17.6. The van der Waals surface area contributed by atoms with Crippen LogP contribution in [0.4, 0.5) is 0 Å². The van der Waals surface area contributed by atoms with Crippen LogP contribution in [0.25, 0.3) is 0 Å². The number of benzene rings is 1. The average Bonchev–Trinajstić information content (AvgIpc) is 2.65. The van der Waals surface area contributed by atoms with Crippen LogP contribution in [0, 0.1) is 0 Å². The van der Waals surface area contributed by atoms with Crippen molar-refractivity contribution < 1.29 is 9.47 Å². The zero-order valence-corrected chi connectivity index (χ0v) is 19.2. The van der Waals surface area contributed by atoms with Gasteiger partial charge in [-0.25, -0.2) is 9.98 Å². The number of aliphatic imine (C=N–C) groups is 1. The molecule has 2 heterocycles. The summed E-state index contributed by atoms with van der Waals surface area (Å²) in [5.74, 6) is 2.29. The van der Waals surface area contributed by atoms with Gasteiger partial charge in [-0.3, -0.25) is 0 Å². The molecule has 1 aliphatic rings. The zero-order valence-electron chi connectivity index (χ0n) is 16.9. The predicted molar refractivity (Wildman–Crippen MR) is 123 cm³/mol. The van der Waals surface area contributed by atoms with Crippen molar-refractivity contribution in [2.75, 3.05) is 13.7 Å². The van der Waals surface area contributed by atoms with Gasteiger partial charge in [-0.15, -0.1) is 24.0 Å². The summed E-state index contributed by atoms with van der Waals surface area (Å²) in [6.07, 6.45) is 0.853.